The molecule has 0 aliphatic rings. The first-order valence-electron chi connectivity index (χ1n) is 2.28. The predicted molar refractivity (Wildman–Crippen MR) is 27.9 cm³/mol. The Balaban J connectivity index is 3.85. The highest BCUT2D eigenvalue weighted by Gasteiger charge is 2.26. The molecule has 11 heavy (non-hydrogen) atoms. The molecule has 64 valence electrons. The Labute approximate surface area is 64.1 Å². The van der Waals surface area contributed by atoms with Crippen molar-refractivity contribution in [3.05, 3.63) is 0 Å². The van der Waals surface area contributed by atoms with Gasteiger partial charge in [0.2, 0.25) is 0 Å². The van der Waals surface area contributed by atoms with Crippen molar-refractivity contribution in [2.24, 2.45) is 0 Å². The molecule has 0 fully saturated rings. The van der Waals surface area contributed by atoms with Crippen molar-refractivity contribution in [2.45, 2.75) is 12.8 Å². The Morgan fingerprint density at radius 2 is 1.73 bits per heavy atom. The minimum atomic E-state index is -3.48. The maximum absolute atomic E-state index is 11.7. The molecule has 0 aliphatic heterocycles. The monoisotopic (exact) mass is 190 g/mol. The van der Waals surface area contributed by atoms with Gasteiger partial charge in [0.05, 0.1) is 0 Å². The molecular formula is C4H2ClF3O3. The quantitative estimate of drug-likeness (QED) is 0.377. The topological polar surface area (TPSA) is 43.4 Å². The average Bonchev–Trinajstić information content (AvgIpc) is 1.87. The van der Waals surface area contributed by atoms with Crippen molar-refractivity contribution in [1.29, 1.82) is 0 Å². The van der Waals surface area contributed by atoms with Gasteiger partial charge < -0.3 is 4.74 Å². The minimum Gasteiger partial charge on any atom is -0.418 e. The molecule has 0 saturated heterocycles. The Hall–Kier alpha value is -0.780. The number of esters is 1. The van der Waals surface area contributed by atoms with E-state index in [9.17, 15) is 22.8 Å². The number of carbonyl (C=O) groups is 2. The SMILES string of the molecule is O=C(Cl)C(=O)OC(F)C(F)F. The van der Waals surface area contributed by atoms with Gasteiger partial charge in [-0.15, -0.1) is 0 Å². The second-order valence-electron chi connectivity index (χ2n) is 1.36. The third kappa shape index (κ3) is 3.82. The largest absolute Gasteiger partial charge is 0.418 e. The van der Waals surface area contributed by atoms with Crippen molar-refractivity contribution in [2.75, 3.05) is 0 Å². The summed E-state index contributed by atoms with van der Waals surface area (Å²) in [4.78, 5) is 19.8. The van der Waals surface area contributed by atoms with E-state index >= 15 is 0 Å². The Bertz CT molecular complexity index is 172. The predicted octanol–water partition coefficient (Wildman–Crippen LogP) is 0.856. The van der Waals surface area contributed by atoms with Gasteiger partial charge >= 0.3 is 24.0 Å². The fourth-order valence-electron chi connectivity index (χ4n) is 0.200. The summed E-state index contributed by atoms with van der Waals surface area (Å²) < 4.78 is 37.5. The smallest absolute Gasteiger partial charge is 0.394 e. The molecule has 0 amide bonds. The van der Waals surface area contributed by atoms with Crippen LogP contribution < -0.4 is 0 Å². The number of halogens is 4. The molecule has 0 aromatic heterocycles. The number of hydrogen-bond acceptors (Lipinski definition) is 3. The van der Waals surface area contributed by atoms with Crippen molar-refractivity contribution in [1.82, 2.24) is 0 Å². The van der Waals surface area contributed by atoms with E-state index in [4.69, 9.17) is 0 Å². The van der Waals surface area contributed by atoms with Crippen molar-refractivity contribution < 1.29 is 27.5 Å². The number of carbonyl (C=O) groups excluding carboxylic acids is 2. The molecule has 0 spiro atoms. The molecule has 0 aromatic rings. The highest BCUT2D eigenvalue weighted by atomic mass is 35.5. The van der Waals surface area contributed by atoms with E-state index in [2.05, 4.69) is 16.3 Å². The maximum Gasteiger partial charge on any atom is 0.394 e. The normalized spacial score (nSPS) is 12.8. The lowest BCUT2D eigenvalue weighted by molar-refractivity contribution is -0.175. The van der Waals surface area contributed by atoms with E-state index in [1.54, 1.807) is 0 Å². The van der Waals surface area contributed by atoms with Gasteiger partial charge in [0.15, 0.2) is 0 Å². The van der Waals surface area contributed by atoms with Crippen LogP contribution in [0.5, 0.6) is 0 Å². The molecule has 1 unspecified atom stereocenters. The van der Waals surface area contributed by atoms with E-state index in [1.165, 1.54) is 0 Å². The van der Waals surface area contributed by atoms with Crippen LogP contribution in [0, 0.1) is 0 Å². The van der Waals surface area contributed by atoms with E-state index in [1.807, 2.05) is 0 Å². The van der Waals surface area contributed by atoms with Gasteiger partial charge in [-0.25, -0.2) is 13.6 Å². The molecular weight excluding hydrogens is 188 g/mol. The Kier molecular flexibility index (Phi) is 3.88. The molecule has 0 rings (SSSR count). The Morgan fingerprint density at radius 1 is 1.27 bits per heavy atom. The lowest BCUT2D eigenvalue weighted by atomic mass is 10.7. The molecule has 3 nitrogen and oxygen atoms in total. The zero-order chi connectivity index (χ0) is 9.02. The van der Waals surface area contributed by atoms with E-state index in [0.29, 0.717) is 0 Å². The summed E-state index contributed by atoms with van der Waals surface area (Å²) in [7, 11) is 0. The van der Waals surface area contributed by atoms with Crippen molar-refractivity contribution >= 4 is 22.8 Å². The third-order valence-electron chi connectivity index (χ3n) is 0.578. The summed E-state index contributed by atoms with van der Waals surface area (Å²) in [5.41, 5.74) is 0. The van der Waals surface area contributed by atoms with Gasteiger partial charge in [-0.1, -0.05) is 0 Å². The zero-order valence-corrected chi connectivity index (χ0v) is 5.65. The zero-order valence-electron chi connectivity index (χ0n) is 4.89. The van der Waals surface area contributed by atoms with Crippen LogP contribution in [0.3, 0.4) is 0 Å². The summed E-state index contributed by atoms with van der Waals surface area (Å²) in [6, 6.07) is 0. The fraction of sp³-hybridized carbons (Fsp3) is 0.500. The molecule has 0 aromatic carbocycles. The van der Waals surface area contributed by atoms with Gasteiger partial charge in [0, 0.05) is 0 Å². The number of alkyl halides is 3. The first-order chi connectivity index (χ1) is 4.95. The highest BCUT2D eigenvalue weighted by molar-refractivity contribution is 6.80. The van der Waals surface area contributed by atoms with Crippen LogP contribution >= 0.6 is 11.6 Å². The van der Waals surface area contributed by atoms with Crippen LogP contribution in [-0.4, -0.2) is 24.0 Å². The molecule has 0 bridgehead atoms. The van der Waals surface area contributed by atoms with Gasteiger partial charge in [0.1, 0.15) is 0 Å². The third-order valence-corrected chi connectivity index (χ3v) is 0.733. The molecule has 0 saturated carbocycles. The number of hydrogen-bond donors (Lipinski definition) is 0. The van der Waals surface area contributed by atoms with E-state index in [-0.39, 0.29) is 0 Å². The number of rotatable bonds is 3. The molecule has 0 radical (unpaired) electrons. The number of ether oxygens (including phenoxy) is 1. The molecule has 0 aliphatic carbocycles. The van der Waals surface area contributed by atoms with Crippen LogP contribution in [-0.2, 0) is 14.3 Å². The Morgan fingerprint density at radius 3 is 2.00 bits per heavy atom. The molecule has 0 N–H and O–H groups in total. The summed E-state index contributed by atoms with van der Waals surface area (Å²) in [6.45, 7) is 0. The summed E-state index contributed by atoms with van der Waals surface area (Å²) in [6.07, 6.45) is -6.58. The van der Waals surface area contributed by atoms with E-state index < -0.39 is 24.0 Å². The highest BCUT2D eigenvalue weighted by Crippen LogP contribution is 2.07. The fourth-order valence-corrected chi connectivity index (χ4v) is 0.245. The second-order valence-corrected chi connectivity index (χ2v) is 1.71. The van der Waals surface area contributed by atoms with Crippen LogP contribution in [0.2, 0.25) is 0 Å². The van der Waals surface area contributed by atoms with Gasteiger partial charge in [0.25, 0.3) is 0 Å². The first-order valence-corrected chi connectivity index (χ1v) is 2.65. The van der Waals surface area contributed by atoms with Crippen LogP contribution in [0.15, 0.2) is 0 Å². The summed E-state index contributed by atoms with van der Waals surface area (Å²) >= 11 is 4.45. The van der Waals surface area contributed by atoms with Gasteiger partial charge in [-0.2, -0.15) is 4.39 Å². The van der Waals surface area contributed by atoms with Crippen molar-refractivity contribution in [3.8, 4) is 0 Å². The first kappa shape index (κ1) is 10.2. The molecule has 1 atom stereocenters. The lowest BCUT2D eigenvalue weighted by Gasteiger charge is -2.05. The standard InChI is InChI=1S/C4H2ClF3O3/c5-1(9)4(10)11-3(8)2(6)7/h2-3H. The summed E-state index contributed by atoms with van der Waals surface area (Å²) in [5, 5.41) is -1.65. The van der Waals surface area contributed by atoms with Crippen LogP contribution in [0.25, 0.3) is 0 Å². The molecule has 0 heterocycles. The molecule has 7 heteroatoms. The van der Waals surface area contributed by atoms with E-state index in [0.717, 1.165) is 0 Å². The van der Waals surface area contributed by atoms with Crippen molar-refractivity contribution in [3.63, 3.8) is 0 Å². The second kappa shape index (κ2) is 4.17. The van der Waals surface area contributed by atoms with Gasteiger partial charge in [-0.3, -0.25) is 4.79 Å². The minimum absolute atomic E-state index is 1.65. The average molecular weight is 191 g/mol. The lowest BCUT2D eigenvalue weighted by Crippen LogP contribution is -2.23. The maximum atomic E-state index is 11.7. The van der Waals surface area contributed by atoms with Crippen LogP contribution in [0.4, 0.5) is 13.2 Å². The van der Waals surface area contributed by atoms with Crippen LogP contribution in [0.1, 0.15) is 0 Å². The summed E-state index contributed by atoms with van der Waals surface area (Å²) in [5.74, 6) is -1.83. The van der Waals surface area contributed by atoms with Gasteiger partial charge in [-0.05, 0) is 11.6 Å².